The molecule has 0 atom stereocenters. The first-order valence-electron chi connectivity index (χ1n) is 2.96. The highest BCUT2D eigenvalue weighted by Gasteiger charge is 2.29. The van der Waals surface area contributed by atoms with Crippen molar-refractivity contribution in [2.24, 2.45) is 0 Å². The average Bonchev–Trinajstić information content (AvgIpc) is 2.30. The fraction of sp³-hybridized carbons (Fsp3) is 0. The third kappa shape index (κ3) is 0.706. The van der Waals surface area contributed by atoms with Crippen LogP contribution >= 0.6 is 0 Å². The van der Waals surface area contributed by atoms with Crippen molar-refractivity contribution in [1.82, 2.24) is 9.97 Å². The fourth-order valence-corrected chi connectivity index (χ4v) is 0.868. The van der Waals surface area contributed by atoms with E-state index in [1.54, 1.807) is 0 Å². The van der Waals surface area contributed by atoms with Gasteiger partial charge in [0.2, 0.25) is 0 Å². The van der Waals surface area contributed by atoms with Gasteiger partial charge in [0.1, 0.15) is 0 Å². The second-order valence-electron chi connectivity index (χ2n) is 2.04. The van der Waals surface area contributed by atoms with Crippen LogP contribution in [0.1, 0.15) is 10.5 Å². The zero-order valence-corrected chi connectivity index (χ0v) is 5.37. The number of carbonyl (C=O) groups is 2. The lowest BCUT2D eigenvalue weighted by molar-refractivity contribution is -0.112. The molecule has 1 aromatic heterocycles. The van der Waals surface area contributed by atoms with E-state index in [9.17, 15) is 9.59 Å². The highest BCUT2D eigenvalue weighted by molar-refractivity contribution is 6.50. The maximum atomic E-state index is 10.9. The maximum Gasteiger partial charge on any atom is 0.299 e. The molecule has 0 bridgehead atoms. The van der Waals surface area contributed by atoms with Crippen molar-refractivity contribution in [2.75, 3.05) is 5.32 Å². The van der Waals surface area contributed by atoms with Crippen molar-refractivity contribution in [1.29, 1.82) is 0 Å². The molecule has 54 valence electrons. The molecule has 11 heavy (non-hydrogen) atoms. The number of carbonyl (C=O) groups excluding carboxylic acids is 2. The smallest absolute Gasteiger partial charge is 0.299 e. The van der Waals surface area contributed by atoms with Crippen LogP contribution in [0.4, 0.5) is 5.82 Å². The number of aromatic nitrogens is 2. The van der Waals surface area contributed by atoms with Gasteiger partial charge in [-0.05, 0) is 0 Å². The molecule has 1 aromatic rings. The van der Waals surface area contributed by atoms with Gasteiger partial charge >= 0.3 is 0 Å². The van der Waals surface area contributed by atoms with E-state index < -0.39 is 11.7 Å². The SMILES string of the molecule is O=C1Nc2nccnc2C1=O. The summed E-state index contributed by atoms with van der Waals surface area (Å²) in [4.78, 5) is 29.0. The number of nitrogens with one attached hydrogen (secondary N) is 1. The normalized spacial score (nSPS) is 14.5. The average molecular weight is 149 g/mol. The number of rotatable bonds is 0. The van der Waals surface area contributed by atoms with Gasteiger partial charge in [0.25, 0.3) is 11.7 Å². The number of hydrogen-bond acceptors (Lipinski definition) is 4. The van der Waals surface area contributed by atoms with E-state index in [1.807, 2.05) is 0 Å². The summed E-state index contributed by atoms with van der Waals surface area (Å²) in [5, 5.41) is 2.29. The Labute approximate surface area is 61.5 Å². The van der Waals surface area contributed by atoms with Gasteiger partial charge < -0.3 is 5.32 Å². The first-order chi connectivity index (χ1) is 5.29. The predicted molar refractivity (Wildman–Crippen MR) is 35.0 cm³/mol. The largest absolute Gasteiger partial charge is 0.302 e. The number of hydrogen-bond donors (Lipinski definition) is 1. The predicted octanol–water partition coefficient (Wildman–Crippen LogP) is -0.389. The van der Waals surface area contributed by atoms with Gasteiger partial charge in [-0.15, -0.1) is 0 Å². The minimum absolute atomic E-state index is 0.109. The van der Waals surface area contributed by atoms with Gasteiger partial charge in [0.15, 0.2) is 11.5 Å². The van der Waals surface area contributed by atoms with Crippen LogP contribution in [0, 0.1) is 0 Å². The quantitative estimate of drug-likeness (QED) is 0.510. The van der Waals surface area contributed by atoms with Gasteiger partial charge in [0.05, 0.1) is 0 Å². The van der Waals surface area contributed by atoms with Gasteiger partial charge in [-0.1, -0.05) is 0 Å². The molecule has 0 saturated carbocycles. The lowest BCUT2D eigenvalue weighted by Gasteiger charge is -1.89. The molecule has 2 rings (SSSR count). The molecule has 1 aliphatic rings. The summed E-state index contributed by atoms with van der Waals surface area (Å²) < 4.78 is 0. The molecule has 0 spiro atoms. The first kappa shape index (κ1) is 5.96. The third-order valence-corrected chi connectivity index (χ3v) is 1.35. The summed E-state index contributed by atoms with van der Waals surface area (Å²) in [7, 11) is 0. The Hall–Kier alpha value is -1.78. The first-order valence-corrected chi connectivity index (χ1v) is 2.96. The van der Waals surface area contributed by atoms with Crippen molar-refractivity contribution in [3.05, 3.63) is 18.1 Å². The minimum Gasteiger partial charge on any atom is -0.302 e. The van der Waals surface area contributed by atoms with Gasteiger partial charge in [0, 0.05) is 12.4 Å². The van der Waals surface area contributed by atoms with Crippen molar-refractivity contribution in [2.45, 2.75) is 0 Å². The lowest BCUT2D eigenvalue weighted by atomic mass is 10.3. The highest BCUT2D eigenvalue weighted by atomic mass is 16.2. The summed E-state index contributed by atoms with van der Waals surface area (Å²) in [6.45, 7) is 0. The van der Waals surface area contributed by atoms with E-state index >= 15 is 0 Å². The van der Waals surface area contributed by atoms with Crippen LogP contribution in [-0.2, 0) is 4.79 Å². The van der Waals surface area contributed by atoms with Crippen LogP contribution in [0.5, 0.6) is 0 Å². The third-order valence-electron chi connectivity index (χ3n) is 1.35. The highest BCUT2D eigenvalue weighted by Crippen LogP contribution is 2.15. The van der Waals surface area contributed by atoms with Crippen LogP contribution in [-0.4, -0.2) is 21.7 Å². The van der Waals surface area contributed by atoms with E-state index in [1.165, 1.54) is 12.4 Å². The van der Waals surface area contributed by atoms with E-state index in [0.717, 1.165) is 0 Å². The zero-order chi connectivity index (χ0) is 7.84. The molecular formula is C6H3N3O2. The second kappa shape index (κ2) is 1.85. The monoisotopic (exact) mass is 149 g/mol. The Morgan fingerprint density at radius 3 is 2.64 bits per heavy atom. The van der Waals surface area contributed by atoms with E-state index in [-0.39, 0.29) is 11.5 Å². The van der Waals surface area contributed by atoms with Crippen LogP contribution in [0.3, 0.4) is 0 Å². The standard InChI is InChI=1S/C6H3N3O2/c10-4-3-5(9-6(4)11)8-2-1-7-3/h1-2H,(H,8,9,10,11). The molecule has 0 aromatic carbocycles. The summed E-state index contributed by atoms with van der Waals surface area (Å²) in [6, 6.07) is 0. The molecule has 0 aliphatic carbocycles. The summed E-state index contributed by atoms with van der Waals surface area (Å²) in [6.07, 6.45) is 2.79. The Morgan fingerprint density at radius 1 is 1.18 bits per heavy atom. The molecule has 0 radical (unpaired) electrons. The Morgan fingerprint density at radius 2 is 1.91 bits per heavy atom. The van der Waals surface area contributed by atoms with Crippen molar-refractivity contribution in [3.63, 3.8) is 0 Å². The van der Waals surface area contributed by atoms with Crippen molar-refractivity contribution >= 4 is 17.5 Å². The number of nitrogens with zero attached hydrogens (tertiary/aromatic N) is 2. The van der Waals surface area contributed by atoms with Gasteiger partial charge in [-0.25, -0.2) is 9.97 Å². The number of ketones is 1. The molecule has 1 amide bonds. The molecule has 0 unspecified atom stereocenters. The topological polar surface area (TPSA) is 72.0 Å². The molecule has 1 aliphatic heterocycles. The molecule has 2 heterocycles. The summed E-state index contributed by atoms with van der Waals surface area (Å²) >= 11 is 0. The van der Waals surface area contributed by atoms with Crippen LogP contribution in [0.15, 0.2) is 12.4 Å². The Balaban J connectivity index is 2.64. The number of amides is 1. The second-order valence-corrected chi connectivity index (χ2v) is 2.04. The van der Waals surface area contributed by atoms with E-state index in [0.29, 0.717) is 0 Å². The number of anilines is 1. The van der Waals surface area contributed by atoms with E-state index in [2.05, 4.69) is 15.3 Å². The van der Waals surface area contributed by atoms with Crippen LogP contribution in [0.25, 0.3) is 0 Å². The van der Waals surface area contributed by atoms with Crippen molar-refractivity contribution < 1.29 is 9.59 Å². The maximum absolute atomic E-state index is 10.9. The molecule has 0 saturated heterocycles. The number of fused-ring (bicyclic) bond motifs is 1. The lowest BCUT2D eigenvalue weighted by Crippen LogP contribution is -2.12. The minimum atomic E-state index is -0.661. The molecule has 5 heteroatoms. The molecule has 1 N–H and O–H groups in total. The zero-order valence-electron chi connectivity index (χ0n) is 5.37. The van der Waals surface area contributed by atoms with Gasteiger partial charge in [-0.3, -0.25) is 9.59 Å². The Kier molecular flexibility index (Phi) is 1.00. The molecular weight excluding hydrogens is 146 g/mol. The van der Waals surface area contributed by atoms with Crippen molar-refractivity contribution in [3.8, 4) is 0 Å². The van der Waals surface area contributed by atoms with Gasteiger partial charge in [-0.2, -0.15) is 0 Å². The summed E-state index contributed by atoms with van der Waals surface area (Å²) in [5.74, 6) is -1.03. The Bertz CT molecular complexity index is 347. The number of Topliss-reactive ketones (excluding diaryl/α,β-unsaturated/α-hetero) is 1. The van der Waals surface area contributed by atoms with Crippen LogP contribution < -0.4 is 5.32 Å². The molecule has 5 nitrogen and oxygen atoms in total. The summed E-state index contributed by atoms with van der Waals surface area (Å²) in [5.41, 5.74) is 0.109. The molecule has 0 fully saturated rings. The van der Waals surface area contributed by atoms with E-state index in [4.69, 9.17) is 0 Å². The fourth-order valence-electron chi connectivity index (χ4n) is 0.868. The van der Waals surface area contributed by atoms with Crippen LogP contribution in [0.2, 0.25) is 0 Å².